The van der Waals surface area contributed by atoms with Crippen molar-refractivity contribution in [1.82, 2.24) is 10.1 Å². The molecule has 1 fully saturated rings. The van der Waals surface area contributed by atoms with Gasteiger partial charge in [-0.2, -0.15) is 4.98 Å². The van der Waals surface area contributed by atoms with Crippen LogP contribution in [0.15, 0.2) is 57.9 Å². The molecular weight excluding hydrogens is 468 g/mol. The van der Waals surface area contributed by atoms with Crippen molar-refractivity contribution in [3.8, 4) is 0 Å². The van der Waals surface area contributed by atoms with Crippen molar-refractivity contribution in [3.05, 3.63) is 65.8 Å². The van der Waals surface area contributed by atoms with Gasteiger partial charge in [0.25, 0.3) is 11.8 Å². The molecule has 2 aliphatic rings. The molecule has 0 bridgehead atoms. The number of carbonyl (C=O) groups is 3. The third-order valence-electron chi connectivity index (χ3n) is 6.28. The summed E-state index contributed by atoms with van der Waals surface area (Å²) in [6.07, 6.45) is 2.84. The zero-order chi connectivity index (χ0) is 24.4. The number of ether oxygens (including phenoxy) is 1. The van der Waals surface area contributed by atoms with E-state index in [2.05, 4.69) is 15.5 Å². The summed E-state index contributed by atoms with van der Waals surface area (Å²) in [7, 11) is 0. The highest BCUT2D eigenvalue weighted by Crippen LogP contribution is 2.45. The Balaban J connectivity index is 1.32. The Morgan fingerprint density at radius 1 is 1.14 bits per heavy atom. The third kappa shape index (κ3) is 4.41. The normalized spacial score (nSPS) is 16.1. The average Bonchev–Trinajstić information content (AvgIpc) is 3.52. The van der Waals surface area contributed by atoms with Gasteiger partial charge < -0.3 is 14.6 Å². The molecule has 9 nitrogen and oxygen atoms in total. The number of fused-ring (bicyclic) bond motifs is 1. The van der Waals surface area contributed by atoms with E-state index in [1.165, 1.54) is 11.8 Å². The van der Waals surface area contributed by atoms with Crippen LogP contribution in [0, 0.1) is 6.92 Å². The summed E-state index contributed by atoms with van der Waals surface area (Å²) in [5.41, 5.74) is 0.593. The van der Waals surface area contributed by atoms with Gasteiger partial charge in [-0.1, -0.05) is 42.3 Å². The van der Waals surface area contributed by atoms with Crippen LogP contribution < -0.4 is 10.2 Å². The summed E-state index contributed by atoms with van der Waals surface area (Å²) in [5.74, 6) is 0.167. The highest BCUT2D eigenvalue weighted by molar-refractivity contribution is 7.98. The number of amides is 2. The highest BCUT2D eigenvalue weighted by Gasteiger charge is 2.52. The van der Waals surface area contributed by atoms with Crippen molar-refractivity contribution < 1.29 is 23.6 Å². The van der Waals surface area contributed by atoms with Crippen LogP contribution in [-0.4, -0.2) is 40.1 Å². The Hall–Kier alpha value is -3.66. The maximum atomic E-state index is 13.4. The van der Waals surface area contributed by atoms with Gasteiger partial charge in [-0.05, 0) is 44.0 Å². The molecule has 1 N–H and O–H groups in total. The van der Waals surface area contributed by atoms with Crippen LogP contribution in [0.25, 0.3) is 0 Å². The van der Waals surface area contributed by atoms with Crippen molar-refractivity contribution >= 4 is 40.9 Å². The molecule has 1 aliphatic carbocycles. The molecular formula is C25H24N4O5S. The summed E-state index contributed by atoms with van der Waals surface area (Å²) in [6, 6.07) is 14.2. The number of hydrogen-bond donors (Lipinski definition) is 1. The minimum atomic E-state index is -0.951. The van der Waals surface area contributed by atoms with E-state index in [1.54, 1.807) is 48.2 Å². The first-order valence-electron chi connectivity index (χ1n) is 11.4. The molecule has 0 unspecified atom stereocenters. The molecule has 35 heavy (non-hydrogen) atoms. The van der Waals surface area contributed by atoms with Gasteiger partial charge >= 0.3 is 5.97 Å². The summed E-state index contributed by atoms with van der Waals surface area (Å²) >= 11 is 1.37. The number of para-hydroxylation sites is 2. The Morgan fingerprint density at radius 3 is 2.66 bits per heavy atom. The summed E-state index contributed by atoms with van der Waals surface area (Å²) in [6.45, 7) is 1.27. The quantitative estimate of drug-likeness (QED) is 0.404. The van der Waals surface area contributed by atoms with Crippen molar-refractivity contribution in [3.63, 3.8) is 0 Å². The monoisotopic (exact) mass is 492 g/mol. The molecule has 2 amide bonds. The molecule has 2 aromatic carbocycles. The number of rotatable bonds is 6. The van der Waals surface area contributed by atoms with Gasteiger partial charge in [0.1, 0.15) is 5.54 Å². The number of esters is 1. The second-order valence-electron chi connectivity index (χ2n) is 8.54. The van der Waals surface area contributed by atoms with Crippen molar-refractivity contribution in [1.29, 1.82) is 0 Å². The predicted molar refractivity (Wildman–Crippen MR) is 129 cm³/mol. The van der Waals surface area contributed by atoms with Crippen molar-refractivity contribution in [2.75, 3.05) is 16.8 Å². The van der Waals surface area contributed by atoms with Gasteiger partial charge in [-0.3, -0.25) is 14.5 Å². The van der Waals surface area contributed by atoms with Gasteiger partial charge in [0.2, 0.25) is 5.89 Å². The minimum Gasteiger partial charge on any atom is -0.452 e. The van der Waals surface area contributed by atoms with Gasteiger partial charge in [-0.25, -0.2) is 4.79 Å². The molecule has 1 spiro atoms. The fourth-order valence-electron chi connectivity index (χ4n) is 4.70. The standard InChI is InChI=1S/C25H24N4O5S/c1-16-26-21(34-28-16)15-35-20-11-5-2-8-17(20)23(31)33-14-22(30)29-19-10-4-3-9-18(19)27-24(32)25(29)12-6-7-13-25/h2-5,8-11H,6-7,12-15H2,1H3,(H,27,32). The van der Waals surface area contributed by atoms with Crippen molar-refractivity contribution in [2.24, 2.45) is 0 Å². The molecule has 0 atom stereocenters. The molecule has 10 heteroatoms. The van der Waals surface area contributed by atoms with Crippen LogP contribution >= 0.6 is 11.8 Å². The lowest BCUT2D eigenvalue weighted by atomic mass is 9.90. The maximum absolute atomic E-state index is 13.4. The zero-order valence-electron chi connectivity index (χ0n) is 19.2. The number of carbonyl (C=O) groups excluding carboxylic acids is 3. The number of benzene rings is 2. The Kier molecular flexibility index (Phi) is 6.29. The predicted octanol–water partition coefficient (Wildman–Crippen LogP) is 4.13. The summed E-state index contributed by atoms with van der Waals surface area (Å²) < 4.78 is 10.6. The number of nitrogens with one attached hydrogen (secondary N) is 1. The molecule has 1 aliphatic heterocycles. The molecule has 1 saturated carbocycles. The van der Waals surface area contributed by atoms with E-state index in [0.29, 0.717) is 52.1 Å². The van der Waals surface area contributed by atoms with Crippen LogP contribution in [-0.2, 0) is 20.1 Å². The molecule has 1 aromatic heterocycles. The van der Waals surface area contributed by atoms with E-state index >= 15 is 0 Å². The highest BCUT2D eigenvalue weighted by atomic mass is 32.2. The fourth-order valence-corrected chi connectivity index (χ4v) is 5.58. The number of nitrogens with zero attached hydrogens (tertiary/aromatic N) is 3. The van der Waals surface area contributed by atoms with Gasteiger partial charge in [0, 0.05) is 4.90 Å². The Morgan fingerprint density at radius 2 is 1.89 bits per heavy atom. The molecule has 2 heterocycles. The SMILES string of the molecule is Cc1noc(CSc2ccccc2C(=O)OCC(=O)N2c3ccccc3NC(=O)C23CCCC3)n1. The lowest BCUT2D eigenvalue weighted by Crippen LogP contribution is -2.61. The molecule has 0 saturated heterocycles. The minimum absolute atomic E-state index is 0.189. The summed E-state index contributed by atoms with van der Waals surface area (Å²) in [5, 5.41) is 6.71. The summed E-state index contributed by atoms with van der Waals surface area (Å²) in [4.78, 5) is 45.8. The van der Waals surface area contributed by atoms with E-state index in [-0.39, 0.29) is 5.91 Å². The number of aryl methyl sites for hydroxylation is 1. The van der Waals surface area contributed by atoms with Crippen molar-refractivity contribution in [2.45, 2.75) is 48.8 Å². The zero-order valence-corrected chi connectivity index (χ0v) is 20.0. The third-order valence-corrected chi connectivity index (χ3v) is 7.34. The van der Waals surface area contributed by atoms with E-state index in [1.807, 2.05) is 12.1 Å². The molecule has 3 aromatic rings. The van der Waals surface area contributed by atoms with E-state index in [9.17, 15) is 14.4 Å². The number of hydrogen-bond acceptors (Lipinski definition) is 8. The van der Waals surface area contributed by atoms with Crippen LogP contribution in [0.1, 0.15) is 47.8 Å². The van der Waals surface area contributed by atoms with Gasteiger partial charge in [0.05, 0.1) is 22.7 Å². The van der Waals surface area contributed by atoms with Crippen LogP contribution in [0.4, 0.5) is 11.4 Å². The van der Waals surface area contributed by atoms with Gasteiger partial charge in [0.15, 0.2) is 12.4 Å². The lowest BCUT2D eigenvalue weighted by molar-refractivity contribution is -0.129. The van der Waals surface area contributed by atoms with E-state index in [4.69, 9.17) is 9.26 Å². The van der Waals surface area contributed by atoms with Crippen LogP contribution in [0.2, 0.25) is 0 Å². The Bertz CT molecular complexity index is 1280. The van der Waals surface area contributed by atoms with Crippen LogP contribution in [0.3, 0.4) is 0 Å². The molecule has 5 rings (SSSR count). The maximum Gasteiger partial charge on any atom is 0.339 e. The largest absolute Gasteiger partial charge is 0.452 e. The first kappa shape index (κ1) is 23.1. The Labute approximate surface area is 206 Å². The first-order chi connectivity index (χ1) is 17.0. The number of thioether (sulfide) groups is 1. The first-order valence-corrected chi connectivity index (χ1v) is 12.4. The van der Waals surface area contributed by atoms with Gasteiger partial charge in [-0.15, -0.1) is 11.8 Å². The van der Waals surface area contributed by atoms with E-state index in [0.717, 1.165) is 12.8 Å². The van der Waals surface area contributed by atoms with Crippen LogP contribution in [0.5, 0.6) is 0 Å². The number of anilines is 2. The molecule has 180 valence electrons. The second-order valence-corrected chi connectivity index (χ2v) is 9.55. The second kappa shape index (κ2) is 9.53. The fraction of sp³-hybridized carbons (Fsp3) is 0.320. The van der Waals surface area contributed by atoms with E-state index < -0.39 is 24.0 Å². The topological polar surface area (TPSA) is 115 Å². The average molecular weight is 493 g/mol. The number of aromatic nitrogens is 2. The molecule has 0 radical (unpaired) electrons. The lowest BCUT2D eigenvalue weighted by Gasteiger charge is -2.44. The smallest absolute Gasteiger partial charge is 0.339 e.